The number of halogens is 1. The first kappa shape index (κ1) is 15.5. The quantitative estimate of drug-likeness (QED) is 0.599. The number of nitrogens with zero attached hydrogens (tertiary/aromatic N) is 2. The van der Waals surface area contributed by atoms with Gasteiger partial charge in [0, 0.05) is 25.4 Å². The molecule has 0 fully saturated rings. The highest BCUT2D eigenvalue weighted by Crippen LogP contribution is 2.31. The van der Waals surface area contributed by atoms with Crippen LogP contribution in [0.5, 0.6) is 5.75 Å². The first-order valence-corrected chi connectivity index (χ1v) is 11.0. The first-order chi connectivity index (χ1) is 9.37. The Bertz CT molecular complexity index is 505. The van der Waals surface area contributed by atoms with Gasteiger partial charge in [0.05, 0.1) is 0 Å². The van der Waals surface area contributed by atoms with E-state index in [1.165, 1.54) is 4.90 Å². The van der Waals surface area contributed by atoms with E-state index in [0.29, 0.717) is 18.2 Å². The number of carbonyl (C=O) groups is 1. The van der Waals surface area contributed by atoms with E-state index in [1.807, 2.05) is 6.07 Å². The summed E-state index contributed by atoms with van der Waals surface area (Å²) in [5.41, 5.74) is 0. The minimum absolute atomic E-state index is 0.0303. The molecule has 0 saturated carbocycles. The van der Waals surface area contributed by atoms with E-state index in [-0.39, 0.29) is 19.2 Å². The number of fused-ring (bicyclic) bond motifs is 1. The Hall–Kier alpha value is -0.923. The fraction of sp³-hybridized carbons (Fsp3) is 0.538. The van der Waals surface area contributed by atoms with E-state index < -0.39 is 8.07 Å². The molecule has 1 amide bonds. The molecule has 20 heavy (non-hydrogen) atoms. The van der Waals surface area contributed by atoms with Crippen LogP contribution in [0.4, 0.5) is 5.82 Å². The lowest BCUT2D eigenvalue weighted by atomic mass is 10.3. The predicted molar refractivity (Wildman–Crippen MR) is 83.9 cm³/mol. The topological polar surface area (TPSA) is 51.7 Å². The van der Waals surface area contributed by atoms with Gasteiger partial charge < -0.3 is 9.47 Å². The molecule has 1 aliphatic heterocycles. The van der Waals surface area contributed by atoms with Crippen molar-refractivity contribution < 1.29 is 14.3 Å². The van der Waals surface area contributed by atoms with Gasteiger partial charge in [0.2, 0.25) is 0 Å². The zero-order valence-corrected chi connectivity index (χ0v) is 14.6. The average Bonchev–Trinajstić information content (AvgIpc) is 2.35. The second-order valence-electron chi connectivity index (χ2n) is 5.93. The molecule has 0 aliphatic carbocycles. The Morgan fingerprint density at radius 2 is 2.25 bits per heavy atom. The van der Waals surface area contributed by atoms with Gasteiger partial charge in [-0.05, 0) is 28.0 Å². The van der Waals surface area contributed by atoms with Crippen LogP contribution in [-0.2, 0) is 9.53 Å². The molecule has 1 aromatic heterocycles. The van der Waals surface area contributed by atoms with Crippen LogP contribution < -0.4 is 9.64 Å². The number of aromatic nitrogens is 1. The second-order valence-corrected chi connectivity index (χ2v) is 12.5. The van der Waals surface area contributed by atoms with Gasteiger partial charge in [-0.2, -0.15) is 0 Å². The van der Waals surface area contributed by atoms with Gasteiger partial charge in [-0.15, -0.1) is 0 Å². The SMILES string of the molecule is C[Si](C)(C)CCOCN1C(=O)COc2cc(Br)cnc21. The Kier molecular flexibility index (Phi) is 4.82. The van der Waals surface area contributed by atoms with Crippen molar-refractivity contribution in [1.82, 2.24) is 4.98 Å². The number of anilines is 1. The van der Waals surface area contributed by atoms with E-state index in [9.17, 15) is 4.79 Å². The van der Waals surface area contributed by atoms with Crippen LogP contribution in [0.15, 0.2) is 16.7 Å². The van der Waals surface area contributed by atoms with Crippen molar-refractivity contribution in [3.05, 3.63) is 16.7 Å². The Morgan fingerprint density at radius 3 is 2.95 bits per heavy atom. The molecule has 110 valence electrons. The molecule has 0 bridgehead atoms. The molecule has 5 nitrogen and oxygen atoms in total. The third kappa shape index (κ3) is 4.03. The minimum atomic E-state index is -1.12. The number of ether oxygens (including phenoxy) is 2. The van der Waals surface area contributed by atoms with Crippen LogP contribution in [-0.4, -0.2) is 38.9 Å². The average molecular weight is 359 g/mol. The van der Waals surface area contributed by atoms with Gasteiger partial charge in [0.25, 0.3) is 5.91 Å². The molecule has 2 rings (SSSR count). The van der Waals surface area contributed by atoms with Crippen molar-refractivity contribution in [3.63, 3.8) is 0 Å². The fourth-order valence-corrected chi connectivity index (χ4v) is 2.79. The van der Waals surface area contributed by atoms with Crippen LogP contribution in [0.2, 0.25) is 25.7 Å². The number of carbonyl (C=O) groups excluding carboxylic acids is 1. The summed E-state index contributed by atoms with van der Waals surface area (Å²) in [4.78, 5) is 17.7. The largest absolute Gasteiger partial charge is 0.480 e. The van der Waals surface area contributed by atoms with Crippen molar-refractivity contribution in [1.29, 1.82) is 0 Å². The molecule has 0 spiro atoms. The third-order valence-corrected chi connectivity index (χ3v) is 5.06. The van der Waals surface area contributed by atoms with Gasteiger partial charge in [-0.3, -0.25) is 9.69 Å². The second kappa shape index (κ2) is 6.24. The van der Waals surface area contributed by atoms with Gasteiger partial charge >= 0.3 is 0 Å². The maximum Gasteiger partial charge on any atom is 0.268 e. The molecule has 0 radical (unpaired) electrons. The minimum Gasteiger partial charge on any atom is -0.480 e. The zero-order valence-electron chi connectivity index (χ0n) is 12.0. The summed E-state index contributed by atoms with van der Waals surface area (Å²) in [5.74, 6) is 1.01. The summed E-state index contributed by atoms with van der Waals surface area (Å²) in [6.45, 7) is 7.82. The summed E-state index contributed by atoms with van der Waals surface area (Å²) >= 11 is 3.34. The van der Waals surface area contributed by atoms with Crippen LogP contribution >= 0.6 is 15.9 Å². The molecule has 0 atom stereocenters. The molecular formula is C13H19BrN2O3Si. The van der Waals surface area contributed by atoms with Gasteiger partial charge in [-0.25, -0.2) is 4.98 Å². The van der Waals surface area contributed by atoms with E-state index in [0.717, 1.165) is 10.5 Å². The molecule has 7 heteroatoms. The first-order valence-electron chi connectivity index (χ1n) is 6.53. The van der Waals surface area contributed by atoms with E-state index >= 15 is 0 Å². The molecular weight excluding hydrogens is 340 g/mol. The van der Waals surface area contributed by atoms with Gasteiger partial charge in [0.15, 0.2) is 18.2 Å². The molecule has 0 saturated heterocycles. The smallest absolute Gasteiger partial charge is 0.268 e. The van der Waals surface area contributed by atoms with Crippen LogP contribution in [0.1, 0.15) is 0 Å². The van der Waals surface area contributed by atoms with Crippen molar-refractivity contribution in [3.8, 4) is 5.75 Å². The Morgan fingerprint density at radius 1 is 1.50 bits per heavy atom. The zero-order chi connectivity index (χ0) is 14.8. The molecule has 1 aliphatic rings. The highest BCUT2D eigenvalue weighted by molar-refractivity contribution is 9.10. The highest BCUT2D eigenvalue weighted by atomic mass is 79.9. The fourth-order valence-electron chi connectivity index (χ4n) is 1.73. The maximum atomic E-state index is 11.9. The normalized spacial score (nSPS) is 15.0. The predicted octanol–water partition coefficient (Wildman–Crippen LogP) is 2.88. The monoisotopic (exact) mass is 358 g/mol. The van der Waals surface area contributed by atoms with Crippen molar-refractivity contribution >= 4 is 35.7 Å². The third-order valence-electron chi connectivity index (χ3n) is 2.92. The lowest BCUT2D eigenvalue weighted by Crippen LogP contribution is -2.41. The number of pyridine rings is 1. The van der Waals surface area contributed by atoms with Crippen LogP contribution in [0.3, 0.4) is 0 Å². The van der Waals surface area contributed by atoms with E-state index in [2.05, 4.69) is 40.6 Å². The lowest BCUT2D eigenvalue weighted by molar-refractivity contribution is -0.122. The molecule has 0 aromatic carbocycles. The number of hydrogen-bond acceptors (Lipinski definition) is 4. The van der Waals surface area contributed by atoms with Crippen molar-refractivity contribution in [2.45, 2.75) is 25.7 Å². The highest BCUT2D eigenvalue weighted by Gasteiger charge is 2.27. The molecule has 1 aromatic rings. The van der Waals surface area contributed by atoms with Crippen LogP contribution in [0.25, 0.3) is 0 Å². The van der Waals surface area contributed by atoms with Gasteiger partial charge in [-0.1, -0.05) is 19.6 Å². The van der Waals surface area contributed by atoms with Crippen molar-refractivity contribution in [2.75, 3.05) is 24.8 Å². The van der Waals surface area contributed by atoms with E-state index in [4.69, 9.17) is 9.47 Å². The Balaban J connectivity index is 1.99. The summed E-state index contributed by atoms with van der Waals surface area (Å²) in [5, 5.41) is 0. The molecule has 2 heterocycles. The van der Waals surface area contributed by atoms with E-state index in [1.54, 1.807) is 6.20 Å². The summed E-state index contributed by atoms with van der Waals surface area (Å²) in [6, 6.07) is 2.88. The number of hydrogen-bond donors (Lipinski definition) is 0. The summed E-state index contributed by atoms with van der Waals surface area (Å²) in [6.07, 6.45) is 1.65. The molecule has 0 N–H and O–H groups in total. The lowest BCUT2D eigenvalue weighted by Gasteiger charge is -2.28. The van der Waals surface area contributed by atoms with Gasteiger partial charge in [0.1, 0.15) is 6.73 Å². The number of rotatable bonds is 5. The van der Waals surface area contributed by atoms with Crippen LogP contribution in [0, 0.1) is 0 Å². The summed E-state index contributed by atoms with van der Waals surface area (Å²) < 4.78 is 11.8. The standard InChI is InChI=1S/C13H19BrN2O3Si/c1-20(2,3)5-4-18-9-16-12(17)8-19-11-6-10(14)7-15-13(11)16/h6-7H,4-5,8-9H2,1-3H3. The number of amides is 1. The Labute approximate surface area is 128 Å². The van der Waals surface area contributed by atoms with Crippen molar-refractivity contribution in [2.24, 2.45) is 0 Å². The maximum absolute atomic E-state index is 11.9. The molecule has 0 unspecified atom stereocenters. The summed E-state index contributed by atoms with van der Waals surface area (Å²) in [7, 11) is -1.12.